The van der Waals surface area contributed by atoms with Crippen LogP contribution in [0.1, 0.15) is 11.1 Å². The number of aromatic nitrogens is 2. The van der Waals surface area contributed by atoms with Crippen LogP contribution in [0.4, 0.5) is 0 Å². The summed E-state index contributed by atoms with van der Waals surface area (Å²) in [6.45, 7) is 4.19. The monoisotopic (exact) mass is 256 g/mol. The van der Waals surface area contributed by atoms with Crippen molar-refractivity contribution in [1.82, 2.24) is 9.97 Å². The number of H-pyrrole nitrogens is 1. The highest BCUT2D eigenvalue weighted by Crippen LogP contribution is 2.29. The van der Waals surface area contributed by atoms with Crippen molar-refractivity contribution in [1.29, 1.82) is 0 Å². The second kappa shape index (κ2) is 4.14. The number of nitrogens with zero attached hydrogens (tertiary/aromatic N) is 1. The quantitative estimate of drug-likeness (QED) is 0.682. The van der Waals surface area contributed by atoms with E-state index in [9.17, 15) is 0 Å². The second-order valence-electron chi connectivity index (χ2n) is 4.49. The van der Waals surface area contributed by atoms with Crippen molar-refractivity contribution in [2.75, 3.05) is 0 Å². The van der Waals surface area contributed by atoms with Crippen LogP contribution < -0.4 is 0 Å². The fraction of sp³-hybridized carbons (Fsp3) is 0.133. The molecule has 0 aliphatic carbocycles. The lowest BCUT2D eigenvalue weighted by Gasteiger charge is -2.05. The molecular formula is C15H13ClN2. The molecule has 0 fully saturated rings. The van der Waals surface area contributed by atoms with Crippen LogP contribution in [0.15, 0.2) is 36.4 Å². The van der Waals surface area contributed by atoms with Crippen LogP contribution in [-0.2, 0) is 0 Å². The summed E-state index contributed by atoms with van der Waals surface area (Å²) in [7, 11) is 0. The largest absolute Gasteiger partial charge is 0.338 e. The smallest absolute Gasteiger partial charge is 0.139 e. The Bertz CT molecular complexity index is 708. The minimum atomic E-state index is 0.682. The van der Waals surface area contributed by atoms with Gasteiger partial charge in [-0.2, -0.15) is 0 Å². The highest BCUT2D eigenvalue weighted by Gasteiger charge is 2.11. The van der Waals surface area contributed by atoms with Gasteiger partial charge < -0.3 is 4.98 Å². The minimum Gasteiger partial charge on any atom is -0.338 e. The van der Waals surface area contributed by atoms with E-state index in [1.165, 1.54) is 11.1 Å². The average Bonchev–Trinajstić information content (AvgIpc) is 2.74. The third kappa shape index (κ3) is 1.70. The summed E-state index contributed by atoms with van der Waals surface area (Å²) in [6, 6.07) is 12.0. The number of rotatable bonds is 1. The Labute approximate surface area is 111 Å². The third-order valence-electron chi connectivity index (χ3n) is 3.18. The Morgan fingerprint density at radius 2 is 1.67 bits per heavy atom. The van der Waals surface area contributed by atoms with Crippen LogP contribution in [0, 0.1) is 13.8 Å². The maximum absolute atomic E-state index is 6.15. The van der Waals surface area contributed by atoms with Crippen molar-refractivity contribution in [2.24, 2.45) is 0 Å². The van der Waals surface area contributed by atoms with Crippen LogP contribution in [0.2, 0.25) is 5.02 Å². The Hall–Kier alpha value is -1.80. The summed E-state index contributed by atoms with van der Waals surface area (Å²) < 4.78 is 0. The molecule has 0 bridgehead atoms. The number of benzene rings is 2. The maximum Gasteiger partial charge on any atom is 0.139 e. The second-order valence-corrected chi connectivity index (χ2v) is 4.90. The van der Waals surface area contributed by atoms with Crippen LogP contribution in [0.25, 0.3) is 22.4 Å². The molecule has 0 atom stereocenters. The third-order valence-corrected chi connectivity index (χ3v) is 3.49. The summed E-state index contributed by atoms with van der Waals surface area (Å²) in [4.78, 5) is 7.96. The number of fused-ring (bicyclic) bond motifs is 1. The summed E-state index contributed by atoms with van der Waals surface area (Å²) in [5, 5.41) is 0.682. The first-order valence-corrected chi connectivity index (χ1v) is 6.25. The number of imidazole rings is 1. The lowest BCUT2D eigenvalue weighted by Crippen LogP contribution is -1.89. The molecule has 2 aromatic carbocycles. The van der Waals surface area contributed by atoms with Gasteiger partial charge in [-0.05, 0) is 37.1 Å². The topological polar surface area (TPSA) is 28.7 Å². The molecule has 0 spiro atoms. The fourth-order valence-corrected chi connectivity index (χ4v) is 2.52. The van der Waals surface area contributed by atoms with E-state index in [1.807, 2.05) is 18.2 Å². The van der Waals surface area contributed by atoms with E-state index >= 15 is 0 Å². The molecule has 90 valence electrons. The predicted octanol–water partition coefficient (Wildman–Crippen LogP) is 4.50. The lowest BCUT2D eigenvalue weighted by molar-refractivity contribution is 1.27. The van der Waals surface area contributed by atoms with Crippen molar-refractivity contribution in [3.63, 3.8) is 0 Å². The highest BCUT2D eigenvalue weighted by atomic mass is 35.5. The zero-order valence-corrected chi connectivity index (χ0v) is 11.0. The molecular weight excluding hydrogens is 244 g/mol. The lowest BCUT2D eigenvalue weighted by atomic mass is 10.0. The number of hydrogen-bond donors (Lipinski definition) is 1. The number of aromatic amines is 1. The first-order chi connectivity index (χ1) is 8.66. The maximum atomic E-state index is 6.15. The molecule has 1 aromatic heterocycles. The van der Waals surface area contributed by atoms with E-state index in [0.29, 0.717) is 5.02 Å². The van der Waals surface area contributed by atoms with Crippen LogP contribution in [0.3, 0.4) is 0 Å². The van der Waals surface area contributed by atoms with Gasteiger partial charge in [-0.25, -0.2) is 4.98 Å². The number of halogens is 1. The van der Waals surface area contributed by atoms with Crippen molar-refractivity contribution in [3.8, 4) is 11.4 Å². The number of para-hydroxylation sites is 1. The molecule has 1 N–H and O–H groups in total. The molecule has 1 heterocycles. The van der Waals surface area contributed by atoms with Crippen molar-refractivity contribution < 1.29 is 0 Å². The number of hydrogen-bond acceptors (Lipinski definition) is 1. The molecule has 0 aliphatic rings. The molecule has 3 heteroatoms. The molecule has 0 aliphatic heterocycles. The van der Waals surface area contributed by atoms with Gasteiger partial charge in [-0.1, -0.05) is 35.9 Å². The van der Waals surface area contributed by atoms with Crippen molar-refractivity contribution in [3.05, 3.63) is 52.5 Å². The van der Waals surface area contributed by atoms with Gasteiger partial charge >= 0.3 is 0 Å². The Morgan fingerprint density at radius 3 is 2.33 bits per heavy atom. The van der Waals surface area contributed by atoms with Gasteiger partial charge in [0, 0.05) is 5.56 Å². The van der Waals surface area contributed by atoms with E-state index in [-0.39, 0.29) is 0 Å². The number of aryl methyl sites for hydroxylation is 2. The molecule has 0 saturated heterocycles. The predicted molar refractivity (Wildman–Crippen MR) is 76.0 cm³/mol. The van der Waals surface area contributed by atoms with Gasteiger partial charge in [-0.3, -0.25) is 0 Å². The number of nitrogens with one attached hydrogen (secondary N) is 1. The summed E-state index contributed by atoms with van der Waals surface area (Å²) >= 11 is 6.15. The highest BCUT2D eigenvalue weighted by molar-refractivity contribution is 6.35. The standard InChI is InChI=1S/C15H13ClN2/c1-9-5-3-6-10(2)13(9)15-17-12-8-4-7-11(16)14(12)18-15/h3-8H,1-2H3,(H,17,18). The Kier molecular flexibility index (Phi) is 2.60. The van der Waals surface area contributed by atoms with Crippen molar-refractivity contribution >= 4 is 22.6 Å². The van der Waals surface area contributed by atoms with Gasteiger partial charge in [0.05, 0.1) is 10.5 Å². The Balaban J connectivity index is 2.30. The zero-order chi connectivity index (χ0) is 12.7. The summed E-state index contributed by atoms with van der Waals surface area (Å²) in [6.07, 6.45) is 0. The summed E-state index contributed by atoms with van der Waals surface area (Å²) in [5.41, 5.74) is 5.39. The van der Waals surface area contributed by atoms with Gasteiger partial charge in [0.2, 0.25) is 0 Å². The van der Waals surface area contributed by atoms with E-state index in [1.54, 1.807) is 0 Å². The summed E-state index contributed by atoms with van der Waals surface area (Å²) in [5.74, 6) is 0.883. The molecule has 0 saturated carbocycles. The van der Waals surface area contributed by atoms with Gasteiger partial charge in [-0.15, -0.1) is 0 Å². The molecule has 3 rings (SSSR count). The average molecular weight is 257 g/mol. The van der Waals surface area contributed by atoms with Gasteiger partial charge in [0.15, 0.2) is 0 Å². The normalized spacial score (nSPS) is 11.1. The molecule has 0 unspecified atom stereocenters. The first-order valence-electron chi connectivity index (χ1n) is 5.87. The Morgan fingerprint density at radius 1 is 1.00 bits per heavy atom. The molecule has 2 nitrogen and oxygen atoms in total. The van der Waals surface area contributed by atoms with E-state index in [2.05, 4.69) is 42.0 Å². The van der Waals surface area contributed by atoms with Crippen LogP contribution >= 0.6 is 11.6 Å². The fourth-order valence-electron chi connectivity index (χ4n) is 2.30. The van der Waals surface area contributed by atoms with Gasteiger partial charge in [0.25, 0.3) is 0 Å². The molecule has 3 aromatic rings. The van der Waals surface area contributed by atoms with Crippen molar-refractivity contribution in [2.45, 2.75) is 13.8 Å². The minimum absolute atomic E-state index is 0.682. The zero-order valence-electron chi connectivity index (χ0n) is 10.3. The van der Waals surface area contributed by atoms with Crippen LogP contribution in [0.5, 0.6) is 0 Å². The van der Waals surface area contributed by atoms with E-state index in [4.69, 9.17) is 11.6 Å². The van der Waals surface area contributed by atoms with Crippen LogP contribution in [-0.4, -0.2) is 9.97 Å². The van der Waals surface area contributed by atoms with E-state index < -0.39 is 0 Å². The molecule has 18 heavy (non-hydrogen) atoms. The molecule has 0 radical (unpaired) electrons. The van der Waals surface area contributed by atoms with Gasteiger partial charge in [0.1, 0.15) is 11.3 Å². The molecule has 0 amide bonds. The SMILES string of the molecule is Cc1cccc(C)c1-c1nc2c(Cl)cccc2[nH]1. The van der Waals surface area contributed by atoms with E-state index in [0.717, 1.165) is 22.4 Å². The first kappa shape index (κ1) is 11.3.